The number of amides is 2. The molecule has 19 heavy (non-hydrogen) atoms. The Bertz CT molecular complexity index is 468. The van der Waals surface area contributed by atoms with E-state index < -0.39 is 11.0 Å². The number of hydrazine groups is 1. The number of piperidine rings is 1. The summed E-state index contributed by atoms with van der Waals surface area (Å²) in [7, 11) is 0. The Morgan fingerprint density at radius 3 is 2.26 bits per heavy atom. The number of nitro groups is 1. The number of benzene rings is 1. The molecule has 0 saturated carbocycles. The first-order valence-corrected chi connectivity index (χ1v) is 6.18. The summed E-state index contributed by atoms with van der Waals surface area (Å²) < 4.78 is 0. The molecule has 0 bridgehead atoms. The summed E-state index contributed by atoms with van der Waals surface area (Å²) in [5, 5.41) is 13.9. The van der Waals surface area contributed by atoms with Crippen molar-refractivity contribution in [1.29, 1.82) is 0 Å². The van der Waals surface area contributed by atoms with Gasteiger partial charge >= 0.3 is 6.03 Å². The molecule has 102 valence electrons. The van der Waals surface area contributed by atoms with E-state index in [0.29, 0.717) is 5.69 Å². The lowest BCUT2D eigenvalue weighted by atomic mass is 10.1. The van der Waals surface area contributed by atoms with Crippen molar-refractivity contribution >= 4 is 17.4 Å². The molecule has 1 heterocycles. The van der Waals surface area contributed by atoms with Crippen molar-refractivity contribution in [2.45, 2.75) is 19.3 Å². The van der Waals surface area contributed by atoms with Gasteiger partial charge in [0.25, 0.3) is 5.69 Å². The van der Waals surface area contributed by atoms with Gasteiger partial charge in [-0.1, -0.05) is 6.42 Å². The number of hydrogen-bond acceptors (Lipinski definition) is 4. The van der Waals surface area contributed by atoms with E-state index in [2.05, 4.69) is 0 Å². The molecule has 2 N–H and O–H groups in total. The average molecular weight is 264 g/mol. The molecule has 1 saturated heterocycles. The average Bonchev–Trinajstić information content (AvgIpc) is 2.40. The normalized spacial score (nSPS) is 16.0. The van der Waals surface area contributed by atoms with Crippen molar-refractivity contribution in [2.24, 2.45) is 5.73 Å². The minimum Gasteiger partial charge on any atom is -0.350 e. The lowest BCUT2D eigenvalue weighted by molar-refractivity contribution is -0.384. The molecule has 1 aliphatic rings. The van der Waals surface area contributed by atoms with Gasteiger partial charge in [-0.15, -0.1) is 0 Å². The fourth-order valence-electron chi connectivity index (χ4n) is 2.22. The number of nitrogens with two attached hydrogens (primary N) is 1. The van der Waals surface area contributed by atoms with Crippen LogP contribution in [0.1, 0.15) is 19.3 Å². The quantitative estimate of drug-likeness (QED) is 0.666. The second kappa shape index (κ2) is 5.66. The zero-order valence-corrected chi connectivity index (χ0v) is 10.5. The Labute approximate surface area is 110 Å². The van der Waals surface area contributed by atoms with Crippen molar-refractivity contribution in [3.63, 3.8) is 0 Å². The number of rotatable bonds is 3. The second-order valence-corrected chi connectivity index (χ2v) is 4.44. The lowest BCUT2D eigenvalue weighted by Gasteiger charge is -2.36. The number of nitro benzene ring substituents is 1. The Balaban J connectivity index is 2.23. The Morgan fingerprint density at radius 2 is 1.79 bits per heavy atom. The molecule has 0 unspecified atom stereocenters. The van der Waals surface area contributed by atoms with Gasteiger partial charge in [0.2, 0.25) is 0 Å². The van der Waals surface area contributed by atoms with Gasteiger partial charge in [-0.2, -0.15) is 0 Å². The molecule has 0 aliphatic carbocycles. The number of anilines is 1. The molecule has 2 amide bonds. The van der Waals surface area contributed by atoms with Crippen molar-refractivity contribution in [1.82, 2.24) is 5.01 Å². The van der Waals surface area contributed by atoms with Gasteiger partial charge in [-0.05, 0) is 25.0 Å². The summed E-state index contributed by atoms with van der Waals surface area (Å²) in [5.74, 6) is 0. The predicted molar refractivity (Wildman–Crippen MR) is 70.6 cm³/mol. The van der Waals surface area contributed by atoms with Crippen LogP contribution in [0.25, 0.3) is 0 Å². The number of hydrogen-bond donors (Lipinski definition) is 1. The topological polar surface area (TPSA) is 92.7 Å². The van der Waals surface area contributed by atoms with Gasteiger partial charge in [-0.3, -0.25) is 10.1 Å². The first-order valence-electron chi connectivity index (χ1n) is 6.18. The van der Waals surface area contributed by atoms with Crippen molar-refractivity contribution in [3.8, 4) is 0 Å². The third-order valence-electron chi connectivity index (χ3n) is 3.13. The zero-order valence-electron chi connectivity index (χ0n) is 10.5. The van der Waals surface area contributed by atoms with Gasteiger partial charge in [0.15, 0.2) is 0 Å². The van der Waals surface area contributed by atoms with Crippen LogP contribution in [0.4, 0.5) is 16.2 Å². The van der Waals surface area contributed by atoms with E-state index >= 15 is 0 Å². The molecule has 7 nitrogen and oxygen atoms in total. The number of nitrogens with zero attached hydrogens (tertiary/aromatic N) is 3. The van der Waals surface area contributed by atoms with Gasteiger partial charge in [0, 0.05) is 25.2 Å². The number of non-ortho nitro benzene ring substituents is 1. The molecule has 1 aliphatic heterocycles. The van der Waals surface area contributed by atoms with E-state index in [-0.39, 0.29) is 5.69 Å². The molecule has 0 atom stereocenters. The highest BCUT2D eigenvalue weighted by atomic mass is 16.6. The highest BCUT2D eigenvalue weighted by Gasteiger charge is 2.23. The summed E-state index contributed by atoms with van der Waals surface area (Å²) in [6.07, 6.45) is 3.16. The molecule has 0 aromatic heterocycles. The third kappa shape index (κ3) is 3.00. The van der Waals surface area contributed by atoms with Crippen molar-refractivity contribution in [2.75, 3.05) is 18.1 Å². The molecule has 1 aromatic rings. The molecule has 2 rings (SSSR count). The minimum absolute atomic E-state index is 0.00758. The van der Waals surface area contributed by atoms with Gasteiger partial charge in [0.1, 0.15) is 0 Å². The molecular formula is C12H16N4O3. The summed E-state index contributed by atoms with van der Waals surface area (Å²) in [4.78, 5) is 21.7. The highest BCUT2D eigenvalue weighted by molar-refractivity contribution is 5.89. The number of urea groups is 1. The largest absolute Gasteiger partial charge is 0.350 e. The lowest BCUT2D eigenvalue weighted by Crippen LogP contribution is -2.51. The van der Waals surface area contributed by atoms with E-state index in [0.717, 1.165) is 32.4 Å². The standard InChI is InChI=1S/C12H16N4O3/c13-12(17)15(14-8-2-1-3-9-14)10-4-6-11(7-5-10)16(18)19/h4-7H,1-3,8-9H2,(H2,13,17). The molecular weight excluding hydrogens is 248 g/mol. The van der Waals surface area contributed by atoms with Crippen LogP contribution in [0.15, 0.2) is 24.3 Å². The summed E-state index contributed by atoms with van der Waals surface area (Å²) in [6, 6.07) is 5.25. The number of carbonyl (C=O) groups is 1. The molecule has 0 spiro atoms. The Kier molecular flexibility index (Phi) is 3.96. The fourth-order valence-corrected chi connectivity index (χ4v) is 2.22. The molecule has 1 fully saturated rings. The van der Waals surface area contributed by atoms with Gasteiger partial charge < -0.3 is 5.73 Å². The SMILES string of the molecule is NC(=O)N(c1ccc([N+](=O)[O-])cc1)N1CCCCC1. The summed E-state index contributed by atoms with van der Waals surface area (Å²) >= 11 is 0. The summed E-state index contributed by atoms with van der Waals surface area (Å²) in [6.45, 7) is 1.53. The highest BCUT2D eigenvalue weighted by Crippen LogP contribution is 2.22. The molecule has 0 radical (unpaired) electrons. The number of carbonyl (C=O) groups excluding carboxylic acids is 1. The fraction of sp³-hybridized carbons (Fsp3) is 0.417. The third-order valence-corrected chi connectivity index (χ3v) is 3.13. The Morgan fingerprint density at radius 1 is 1.21 bits per heavy atom. The van der Waals surface area contributed by atoms with E-state index in [1.165, 1.54) is 29.3 Å². The van der Waals surface area contributed by atoms with Crippen LogP contribution in [0.5, 0.6) is 0 Å². The van der Waals surface area contributed by atoms with Crippen LogP contribution in [0.2, 0.25) is 0 Å². The van der Waals surface area contributed by atoms with Gasteiger partial charge in [-0.25, -0.2) is 14.8 Å². The van der Waals surface area contributed by atoms with E-state index in [1.807, 2.05) is 5.01 Å². The smallest absolute Gasteiger partial charge is 0.334 e. The van der Waals surface area contributed by atoms with Crippen LogP contribution in [0, 0.1) is 10.1 Å². The first kappa shape index (κ1) is 13.3. The molecule has 7 heteroatoms. The van der Waals surface area contributed by atoms with Crippen LogP contribution >= 0.6 is 0 Å². The van der Waals surface area contributed by atoms with Crippen LogP contribution < -0.4 is 10.7 Å². The summed E-state index contributed by atoms with van der Waals surface area (Å²) in [5.41, 5.74) is 5.96. The maximum absolute atomic E-state index is 11.6. The van der Waals surface area contributed by atoms with Crippen LogP contribution in [-0.2, 0) is 0 Å². The van der Waals surface area contributed by atoms with Crippen molar-refractivity contribution in [3.05, 3.63) is 34.4 Å². The van der Waals surface area contributed by atoms with Crippen molar-refractivity contribution < 1.29 is 9.72 Å². The zero-order chi connectivity index (χ0) is 13.8. The number of primary amides is 1. The Hall–Kier alpha value is -2.15. The maximum atomic E-state index is 11.6. The second-order valence-electron chi connectivity index (χ2n) is 4.44. The van der Waals surface area contributed by atoms with Crippen LogP contribution in [0.3, 0.4) is 0 Å². The maximum Gasteiger partial charge on any atom is 0.334 e. The van der Waals surface area contributed by atoms with Crippen LogP contribution in [-0.4, -0.2) is 29.1 Å². The molecule has 1 aromatic carbocycles. The monoisotopic (exact) mass is 264 g/mol. The van der Waals surface area contributed by atoms with E-state index in [1.54, 1.807) is 0 Å². The van der Waals surface area contributed by atoms with Gasteiger partial charge in [0.05, 0.1) is 10.6 Å². The predicted octanol–water partition coefficient (Wildman–Crippen LogP) is 1.88. The first-order chi connectivity index (χ1) is 9.09. The van der Waals surface area contributed by atoms with E-state index in [9.17, 15) is 14.9 Å². The minimum atomic E-state index is -0.573. The van der Waals surface area contributed by atoms with E-state index in [4.69, 9.17) is 5.73 Å².